The van der Waals surface area contributed by atoms with Crippen molar-refractivity contribution in [2.24, 2.45) is 0 Å². The number of anilines is 1. The Hall–Kier alpha value is -4.05. The Bertz CT molecular complexity index is 1630. The second-order valence-corrected chi connectivity index (χ2v) is 12.2. The van der Waals surface area contributed by atoms with Gasteiger partial charge in [0, 0.05) is 29.2 Å². The van der Waals surface area contributed by atoms with Crippen LogP contribution in [-0.4, -0.2) is 44.8 Å². The zero-order valence-electron chi connectivity index (χ0n) is 23.6. The van der Waals surface area contributed by atoms with Crippen molar-refractivity contribution in [3.8, 4) is 11.5 Å². The van der Waals surface area contributed by atoms with Crippen LogP contribution in [0.3, 0.4) is 0 Å². The predicted octanol–water partition coefficient (Wildman–Crippen LogP) is 6.53. The Morgan fingerprint density at radius 3 is 1.93 bits per heavy atom. The molecule has 0 bridgehead atoms. The highest BCUT2D eigenvalue weighted by atomic mass is 35.5. The number of nitrogens with zero attached hydrogens (tertiary/aromatic N) is 2. The summed E-state index contributed by atoms with van der Waals surface area (Å²) in [5.41, 5.74) is 0.683. The molecule has 2 amide bonds. The summed E-state index contributed by atoms with van der Waals surface area (Å²) >= 11 is 12.9. The number of amides is 2. The molecule has 0 saturated carbocycles. The summed E-state index contributed by atoms with van der Waals surface area (Å²) in [6.45, 7) is 1.07. The van der Waals surface area contributed by atoms with Gasteiger partial charge in [-0.1, -0.05) is 72.6 Å². The highest BCUT2D eigenvalue weighted by Crippen LogP contribution is 2.30. The number of ether oxygens (including phenoxy) is 1. The molecule has 4 rings (SSSR count). The summed E-state index contributed by atoms with van der Waals surface area (Å²) in [6, 6.07) is 27.4. The molecule has 8 nitrogen and oxygen atoms in total. The first-order valence-electron chi connectivity index (χ1n) is 13.5. The van der Waals surface area contributed by atoms with Crippen LogP contribution >= 0.6 is 23.2 Å². The van der Waals surface area contributed by atoms with Crippen LogP contribution in [-0.2, 0) is 26.2 Å². The van der Waals surface area contributed by atoms with Crippen LogP contribution in [0.15, 0.2) is 108 Å². The highest BCUT2D eigenvalue weighted by Gasteiger charge is 2.34. The molecule has 0 saturated heterocycles. The Labute approximate surface area is 261 Å². The van der Waals surface area contributed by atoms with Crippen molar-refractivity contribution >= 4 is 50.7 Å². The van der Waals surface area contributed by atoms with Gasteiger partial charge < -0.3 is 15.0 Å². The summed E-state index contributed by atoms with van der Waals surface area (Å²) in [5, 5.41) is 3.23. The van der Waals surface area contributed by atoms with Gasteiger partial charge in [-0.2, -0.15) is 0 Å². The number of sulfonamides is 1. The maximum atomic E-state index is 14.1. The third-order valence-electron chi connectivity index (χ3n) is 6.74. The maximum absolute atomic E-state index is 14.1. The molecular weight excluding hydrogens is 609 g/mol. The molecule has 43 heavy (non-hydrogen) atoms. The van der Waals surface area contributed by atoms with E-state index in [-0.39, 0.29) is 23.5 Å². The van der Waals surface area contributed by atoms with Crippen molar-refractivity contribution in [1.82, 2.24) is 10.2 Å². The zero-order valence-corrected chi connectivity index (χ0v) is 25.9. The van der Waals surface area contributed by atoms with Gasteiger partial charge >= 0.3 is 0 Å². The molecule has 11 heteroatoms. The number of carbonyl (C=O) groups is 2. The van der Waals surface area contributed by atoms with Gasteiger partial charge in [-0.05, 0) is 67.1 Å². The van der Waals surface area contributed by atoms with Crippen LogP contribution in [0.1, 0.15) is 18.9 Å². The molecule has 224 valence electrons. The number of carbonyl (C=O) groups excluding carboxylic acids is 2. The molecule has 1 atom stereocenters. The standard InChI is InChI=1S/C32H31Cl2N3O5S/c1-3-30(32(39)35-2)36(21-27-28(33)15-10-16-29(27)34)31(38)22-37(43(40,41)26-13-8-5-9-14-26)23-17-19-25(20-18-23)42-24-11-6-4-7-12-24/h4-20,30H,3,21-22H2,1-2H3,(H,35,39). The van der Waals surface area contributed by atoms with Crippen molar-refractivity contribution in [3.63, 3.8) is 0 Å². The number of rotatable bonds is 12. The highest BCUT2D eigenvalue weighted by molar-refractivity contribution is 7.92. The first-order chi connectivity index (χ1) is 20.6. The number of halogens is 2. The fraction of sp³-hybridized carbons (Fsp3) is 0.188. The van der Waals surface area contributed by atoms with E-state index in [2.05, 4.69) is 5.32 Å². The molecule has 0 aliphatic heterocycles. The average Bonchev–Trinajstić information content (AvgIpc) is 3.02. The largest absolute Gasteiger partial charge is 0.457 e. The fourth-order valence-electron chi connectivity index (χ4n) is 4.49. The fourth-order valence-corrected chi connectivity index (χ4v) is 6.45. The van der Waals surface area contributed by atoms with E-state index in [0.717, 1.165) is 4.31 Å². The minimum atomic E-state index is -4.21. The van der Waals surface area contributed by atoms with Gasteiger partial charge in [0.15, 0.2) is 0 Å². The smallest absolute Gasteiger partial charge is 0.264 e. The molecule has 0 heterocycles. The lowest BCUT2D eigenvalue weighted by molar-refractivity contribution is -0.140. The first-order valence-corrected chi connectivity index (χ1v) is 15.7. The summed E-state index contributed by atoms with van der Waals surface area (Å²) in [4.78, 5) is 28.3. The Balaban J connectivity index is 1.73. The predicted molar refractivity (Wildman–Crippen MR) is 169 cm³/mol. The number of benzene rings is 4. The SMILES string of the molecule is CCC(C(=O)NC)N(Cc1c(Cl)cccc1Cl)C(=O)CN(c1ccc(Oc2ccccc2)cc1)S(=O)(=O)c1ccccc1. The molecule has 0 fully saturated rings. The quantitative estimate of drug-likeness (QED) is 0.190. The molecule has 0 aliphatic carbocycles. The van der Waals surface area contributed by atoms with Crippen molar-refractivity contribution in [2.45, 2.75) is 30.8 Å². The molecular formula is C32H31Cl2N3O5S. The van der Waals surface area contributed by atoms with E-state index < -0.39 is 34.4 Å². The van der Waals surface area contributed by atoms with Crippen molar-refractivity contribution < 1.29 is 22.7 Å². The Morgan fingerprint density at radius 2 is 1.37 bits per heavy atom. The van der Waals surface area contributed by atoms with Gasteiger partial charge in [0.25, 0.3) is 10.0 Å². The van der Waals surface area contributed by atoms with Gasteiger partial charge in [0.2, 0.25) is 11.8 Å². The summed E-state index contributed by atoms with van der Waals surface area (Å²) in [5.74, 6) is 0.0846. The van der Waals surface area contributed by atoms with Crippen LogP contribution in [0.25, 0.3) is 0 Å². The molecule has 4 aromatic rings. The van der Waals surface area contributed by atoms with Crippen LogP contribution in [0.2, 0.25) is 10.0 Å². The van der Waals surface area contributed by atoms with Crippen molar-refractivity contribution in [2.75, 3.05) is 17.9 Å². The van der Waals surface area contributed by atoms with Crippen LogP contribution in [0.4, 0.5) is 5.69 Å². The zero-order chi connectivity index (χ0) is 31.0. The Kier molecular flexibility index (Phi) is 10.7. The minimum Gasteiger partial charge on any atom is -0.457 e. The summed E-state index contributed by atoms with van der Waals surface area (Å²) < 4.78 is 34.8. The van der Waals surface area contributed by atoms with Gasteiger partial charge in [0.05, 0.1) is 10.6 Å². The van der Waals surface area contributed by atoms with E-state index in [1.54, 1.807) is 79.7 Å². The monoisotopic (exact) mass is 639 g/mol. The van der Waals surface area contributed by atoms with Crippen LogP contribution in [0, 0.1) is 0 Å². The number of hydrogen-bond donors (Lipinski definition) is 1. The van der Waals surface area contributed by atoms with Gasteiger partial charge in [-0.3, -0.25) is 13.9 Å². The molecule has 0 aliphatic rings. The normalized spacial score (nSPS) is 11.8. The van der Waals surface area contributed by atoms with E-state index in [1.165, 1.54) is 24.1 Å². The van der Waals surface area contributed by atoms with Gasteiger partial charge in [-0.15, -0.1) is 0 Å². The van der Waals surface area contributed by atoms with E-state index >= 15 is 0 Å². The maximum Gasteiger partial charge on any atom is 0.264 e. The average molecular weight is 641 g/mol. The molecule has 0 spiro atoms. The molecule has 0 aromatic heterocycles. The lowest BCUT2D eigenvalue weighted by Gasteiger charge is -2.33. The summed E-state index contributed by atoms with van der Waals surface area (Å²) in [6.07, 6.45) is 0.268. The Morgan fingerprint density at radius 1 is 0.814 bits per heavy atom. The molecule has 1 unspecified atom stereocenters. The van der Waals surface area contributed by atoms with E-state index in [4.69, 9.17) is 27.9 Å². The van der Waals surface area contributed by atoms with E-state index in [0.29, 0.717) is 27.1 Å². The first kappa shape index (κ1) is 31.9. The van der Waals surface area contributed by atoms with Gasteiger partial charge in [-0.25, -0.2) is 8.42 Å². The number of para-hydroxylation sites is 1. The number of hydrogen-bond acceptors (Lipinski definition) is 5. The second-order valence-electron chi connectivity index (χ2n) is 9.49. The van der Waals surface area contributed by atoms with Crippen molar-refractivity contribution in [1.29, 1.82) is 0 Å². The lowest BCUT2D eigenvalue weighted by Crippen LogP contribution is -2.51. The number of nitrogens with one attached hydrogen (secondary N) is 1. The van der Waals surface area contributed by atoms with Crippen molar-refractivity contribution in [3.05, 3.63) is 119 Å². The number of likely N-dealkylation sites (N-methyl/N-ethyl adjacent to an activating group) is 1. The third-order valence-corrected chi connectivity index (χ3v) is 9.23. The molecule has 4 aromatic carbocycles. The third kappa shape index (κ3) is 7.67. The van der Waals surface area contributed by atoms with E-state index in [1.807, 2.05) is 18.2 Å². The topological polar surface area (TPSA) is 96.0 Å². The molecule has 0 radical (unpaired) electrons. The van der Waals surface area contributed by atoms with Crippen LogP contribution in [0.5, 0.6) is 11.5 Å². The molecule has 1 N–H and O–H groups in total. The van der Waals surface area contributed by atoms with Crippen LogP contribution < -0.4 is 14.4 Å². The lowest BCUT2D eigenvalue weighted by atomic mass is 10.1. The van der Waals surface area contributed by atoms with E-state index in [9.17, 15) is 18.0 Å². The second kappa shape index (κ2) is 14.4. The van der Waals surface area contributed by atoms with Gasteiger partial charge in [0.1, 0.15) is 24.1 Å². The summed E-state index contributed by atoms with van der Waals surface area (Å²) in [7, 11) is -2.74. The minimum absolute atomic E-state index is 0.00598.